The second-order valence-electron chi connectivity index (χ2n) is 4.50. The summed E-state index contributed by atoms with van der Waals surface area (Å²) in [5, 5.41) is 10.7. The van der Waals surface area contributed by atoms with Crippen molar-refractivity contribution in [3.63, 3.8) is 0 Å². The van der Waals surface area contributed by atoms with Gasteiger partial charge in [-0.3, -0.25) is 14.7 Å². The normalized spacial score (nSPS) is 15.8. The molecule has 7 heteroatoms. The molecule has 0 spiro atoms. The van der Waals surface area contributed by atoms with Crippen LogP contribution in [-0.2, 0) is 15.3 Å². The first-order valence-electron chi connectivity index (χ1n) is 5.99. The van der Waals surface area contributed by atoms with Gasteiger partial charge in [0.2, 0.25) is 0 Å². The molecule has 0 bridgehead atoms. The lowest BCUT2D eigenvalue weighted by atomic mass is 10.1. The predicted octanol–water partition coefficient (Wildman–Crippen LogP) is 3.40. The Morgan fingerprint density at radius 2 is 2.16 bits per heavy atom. The van der Waals surface area contributed by atoms with Crippen LogP contribution in [0, 0.1) is 17.0 Å². The molecule has 0 saturated carbocycles. The minimum atomic E-state index is -3.72. The molecule has 0 aliphatic rings. The molecule has 2 atom stereocenters. The predicted molar refractivity (Wildman–Crippen MR) is 72.2 cm³/mol. The maximum atomic E-state index is 11.9. The average molecular weight is 287 g/mol. The van der Waals surface area contributed by atoms with Crippen LogP contribution in [0.3, 0.4) is 0 Å². The van der Waals surface area contributed by atoms with Crippen LogP contribution in [0.5, 0.6) is 0 Å². The van der Waals surface area contributed by atoms with Gasteiger partial charge in [-0.1, -0.05) is 13.0 Å². The van der Waals surface area contributed by atoms with Gasteiger partial charge < -0.3 is 9.42 Å². The van der Waals surface area contributed by atoms with E-state index < -0.39 is 12.5 Å². The highest BCUT2D eigenvalue weighted by Crippen LogP contribution is 2.47. The van der Waals surface area contributed by atoms with E-state index in [1.807, 2.05) is 6.92 Å². The lowest BCUT2D eigenvalue weighted by Crippen LogP contribution is -2.05. The SMILES string of the molecule is CCC(C)OP(=O)(O)Cc1ccc([N+](=O)[O-])c(C)c1. The zero-order valence-corrected chi connectivity index (χ0v) is 12.1. The van der Waals surface area contributed by atoms with Gasteiger partial charge in [-0.2, -0.15) is 0 Å². The van der Waals surface area contributed by atoms with Crippen molar-refractivity contribution in [2.75, 3.05) is 0 Å². The lowest BCUT2D eigenvalue weighted by molar-refractivity contribution is -0.385. The molecule has 1 aromatic carbocycles. The Labute approximate surface area is 112 Å². The van der Waals surface area contributed by atoms with E-state index in [9.17, 15) is 19.6 Å². The fourth-order valence-corrected chi connectivity index (χ4v) is 3.09. The number of benzene rings is 1. The Morgan fingerprint density at radius 3 is 2.63 bits per heavy atom. The molecular weight excluding hydrogens is 269 g/mol. The number of nitro groups is 1. The molecule has 106 valence electrons. The van der Waals surface area contributed by atoms with E-state index in [0.29, 0.717) is 17.5 Å². The van der Waals surface area contributed by atoms with Crippen molar-refractivity contribution in [3.05, 3.63) is 39.4 Å². The summed E-state index contributed by atoms with van der Waals surface area (Å²) in [6.07, 6.45) is 0.204. The molecule has 0 fully saturated rings. The molecule has 0 amide bonds. The Kier molecular flexibility index (Phi) is 5.23. The van der Waals surface area contributed by atoms with Gasteiger partial charge in [0.25, 0.3) is 5.69 Å². The molecule has 0 aliphatic heterocycles. The minimum absolute atomic E-state index is 0.000586. The maximum Gasteiger partial charge on any atom is 0.332 e. The maximum absolute atomic E-state index is 11.9. The Hall–Kier alpha value is -1.23. The number of nitrogens with zero attached hydrogens (tertiary/aromatic N) is 1. The highest BCUT2D eigenvalue weighted by atomic mass is 31.2. The molecule has 1 N–H and O–H groups in total. The fourth-order valence-electron chi connectivity index (χ4n) is 1.64. The summed E-state index contributed by atoms with van der Waals surface area (Å²) in [5.74, 6) is 0. The minimum Gasteiger partial charge on any atom is -0.324 e. The van der Waals surface area contributed by atoms with Crippen molar-refractivity contribution < 1.29 is 18.9 Å². The van der Waals surface area contributed by atoms with Crippen LogP contribution in [0.2, 0.25) is 0 Å². The van der Waals surface area contributed by atoms with Crippen molar-refractivity contribution >= 4 is 13.3 Å². The van der Waals surface area contributed by atoms with E-state index in [4.69, 9.17) is 4.52 Å². The Bertz CT molecular complexity index is 517. The summed E-state index contributed by atoms with van der Waals surface area (Å²) >= 11 is 0. The third-order valence-corrected chi connectivity index (χ3v) is 4.21. The van der Waals surface area contributed by atoms with Gasteiger partial charge in [0.1, 0.15) is 0 Å². The molecule has 0 saturated heterocycles. The first kappa shape index (κ1) is 15.8. The Morgan fingerprint density at radius 1 is 1.53 bits per heavy atom. The Balaban J connectivity index is 2.85. The van der Waals surface area contributed by atoms with E-state index in [2.05, 4.69) is 0 Å². The standard InChI is InChI=1S/C12H18NO5P/c1-4-10(3)18-19(16,17)8-11-5-6-12(13(14)15)9(2)7-11/h5-7,10H,4,8H2,1-3H3,(H,16,17). The molecule has 0 aromatic heterocycles. The summed E-state index contributed by atoms with van der Waals surface area (Å²) in [4.78, 5) is 19.9. The van der Waals surface area contributed by atoms with Crippen LogP contribution in [0.15, 0.2) is 18.2 Å². The molecule has 19 heavy (non-hydrogen) atoms. The van der Waals surface area contributed by atoms with Crippen LogP contribution in [0.1, 0.15) is 31.4 Å². The van der Waals surface area contributed by atoms with Crippen LogP contribution in [0.4, 0.5) is 5.69 Å². The second kappa shape index (κ2) is 6.28. The quantitative estimate of drug-likeness (QED) is 0.492. The number of aryl methyl sites for hydroxylation is 1. The molecule has 6 nitrogen and oxygen atoms in total. The summed E-state index contributed by atoms with van der Waals surface area (Å²) < 4.78 is 17.0. The summed E-state index contributed by atoms with van der Waals surface area (Å²) in [7, 11) is -3.72. The van der Waals surface area contributed by atoms with Gasteiger partial charge in [-0.05, 0) is 31.9 Å². The first-order valence-corrected chi connectivity index (χ1v) is 7.75. The van der Waals surface area contributed by atoms with Crippen molar-refractivity contribution in [1.82, 2.24) is 0 Å². The monoisotopic (exact) mass is 287 g/mol. The molecule has 1 aromatic rings. The van der Waals surface area contributed by atoms with Gasteiger partial charge in [0, 0.05) is 11.6 Å². The first-order chi connectivity index (χ1) is 8.75. The van der Waals surface area contributed by atoms with Crippen LogP contribution in [0.25, 0.3) is 0 Å². The van der Waals surface area contributed by atoms with E-state index >= 15 is 0 Å². The highest BCUT2D eigenvalue weighted by Gasteiger charge is 2.23. The second-order valence-corrected chi connectivity index (χ2v) is 6.30. The van der Waals surface area contributed by atoms with Gasteiger partial charge in [0.15, 0.2) is 0 Å². The average Bonchev–Trinajstić information content (AvgIpc) is 2.26. The summed E-state index contributed by atoms with van der Waals surface area (Å²) in [6, 6.07) is 4.36. The van der Waals surface area contributed by atoms with Crippen molar-refractivity contribution in [1.29, 1.82) is 0 Å². The fraction of sp³-hybridized carbons (Fsp3) is 0.500. The third kappa shape index (κ3) is 4.74. The number of rotatable bonds is 6. The molecular formula is C12H18NO5P. The van der Waals surface area contributed by atoms with Gasteiger partial charge >= 0.3 is 7.60 Å². The molecule has 1 rings (SSSR count). The molecule has 0 radical (unpaired) electrons. The van der Waals surface area contributed by atoms with E-state index in [1.165, 1.54) is 12.1 Å². The smallest absolute Gasteiger partial charge is 0.324 e. The van der Waals surface area contributed by atoms with Gasteiger partial charge in [-0.15, -0.1) is 0 Å². The van der Waals surface area contributed by atoms with E-state index in [-0.39, 0.29) is 18.0 Å². The van der Waals surface area contributed by atoms with Crippen LogP contribution >= 0.6 is 7.60 Å². The van der Waals surface area contributed by atoms with E-state index in [0.717, 1.165) is 0 Å². The molecule has 2 unspecified atom stereocenters. The van der Waals surface area contributed by atoms with Gasteiger partial charge in [0.05, 0.1) is 17.2 Å². The zero-order chi connectivity index (χ0) is 14.6. The number of hydrogen-bond acceptors (Lipinski definition) is 4. The summed E-state index contributed by atoms with van der Waals surface area (Å²) in [6.45, 7) is 5.18. The lowest BCUT2D eigenvalue weighted by Gasteiger charge is -2.16. The van der Waals surface area contributed by atoms with Crippen molar-refractivity contribution in [2.24, 2.45) is 0 Å². The van der Waals surface area contributed by atoms with Crippen molar-refractivity contribution in [2.45, 2.75) is 39.5 Å². The van der Waals surface area contributed by atoms with Crippen LogP contribution in [-0.4, -0.2) is 15.9 Å². The highest BCUT2D eigenvalue weighted by molar-refractivity contribution is 7.51. The summed E-state index contributed by atoms with van der Waals surface area (Å²) in [5.41, 5.74) is 1.02. The number of hydrogen-bond donors (Lipinski definition) is 1. The molecule has 0 aliphatic carbocycles. The van der Waals surface area contributed by atoms with Gasteiger partial charge in [-0.25, -0.2) is 0 Å². The van der Waals surface area contributed by atoms with E-state index in [1.54, 1.807) is 19.9 Å². The topological polar surface area (TPSA) is 89.7 Å². The largest absolute Gasteiger partial charge is 0.332 e. The zero-order valence-electron chi connectivity index (χ0n) is 11.2. The van der Waals surface area contributed by atoms with Crippen molar-refractivity contribution in [3.8, 4) is 0 Å². The third-order valence-electron chi connectivity index (χ3n) is 2.76. The van der Waals surface area contributed by atoms with Crippen LogP contribution < -0.4 is 0 Å². The molecule has 0 heterocycles. The number of nitro benzene ring substituents is 1.